The van der Waals surface area contributed by atoms with Gasteiger partial charge in [0.05, 0.1) is 5.69 Å². The van der Waals surface area contributed by atoms with Crippen molar-refractivity contribution in [2.45, 2.75) is 13.0 Å². The van der Waals surface area contributed by atoms with E-state index in [4.69, 9.17) is 4.84 Å². The van der Waals surface area contributed by atoms with Crippen LogP contribution >= 0.6 is 0 Å². The molecule has 1 N–H and O–H groups in total. The molecule has 8 heteroatoms. The van der Waals surface area contributed by atoms with Gasteiger partial charge in [-0.15, -0.1) is 0 Å². The fraction of sp³-hybridized carbons (Fsp3) is 0.111. The molecule has 0 bridgehead atoms. The van der Waals surface area contributed by atoms with Crippen molar-refractivity contribution in [3.63, 3.8) is 0 Å². The molecule has 2 aliphatic heterocycles. The standard InChI is InChI=1S/C27H22N4O4/c32-25(20-10-3-1-4-11-20)28-23(26(33)30-16-15-19-9-7-8-12-21(19)18-30)17-24-27(34)35-29-31(24)22-13-5-2-6-14-22/h1-14,17,29H,15-16,18H2/b24-17+,28-23?. The largest absolute Gasteiger partial charge is 0.376 e. The summed E-state index contributed by atoms with van der Waals surface area (Å²) in [6.07, 6.45) is 2.00. The van der Waals surface area contributed by atoms with Crippen LogP contribution in [0.15, 0.2) is 102 Å². The molecule has 0 radical (unpaired) electrons. The van der Waals surface area contributed by atoms with Crippen molar-refractivity contribution in [2.75, 3.05) is 11.6 Å². The number of rotatable bonds is 4. The van der Waals surface area contributed by atoms with Gasteiger partial charge in [-0.2, -0.15) is 0 Å². The van der Waals surface area contributed by atoms with Crippen LogP contribution in [0, 0.1) is 0 Å². The maximum Gasteiger partial charge on any atom is 0.376 e. The Balaban J connectivity index is 1.52. The number of para-hydroxylation sites is 1. The Bertz CT molecular complexity index is 1340. The van der Waals surface area contributed by atoms with Crippen molar-refractivity contribution in [1.29, 1.82) is 0 Å². The highest BCUT2D eigenvalue weighted by molar-refractivity contribution is 6.45. The number of hydrazine groups is 1. The molecule has 174 valence electrons. The first-order valence-electron chi connectivity index (χ1n) is 11.2. The number of nitrogens with zero attached hydrogens (tertiary/aromatic N) is 3. The molecule has 0 aliphatic carbocycles. The van der Waals surface area contributed by atoms with Gasteiger partial charge in [0.1, 0.15) is 5.71 Å². The molecule has 0 atom stereocenters. The highest BCUT2D eigenvalue weighted by atomic mass is 16.7. The molecule has 1 fully saturated rings. The lowest BCUT2D eigenvalue weighted by Crippen LogP contribution is -2.40. The summed E-state index contributed by atoms with van der Waals surface area (Å²) in [4.78, 5) is 49.9. The average molecular weight is 466 g/mol. The fourth-order valence-corrected chi connectivity index (χ4v) is 4.03. The molecule has 8 nitrogen and oxygen atoms in total. The van der Waals surface area contributed by atoms with Crippen LogP contribution in [0.25, 0.3) is 0 Å². The molecular formula is C27H22N4O4. The minimum atomic E-state index is -0.689. The fourth-order valence-electron chi connectivity index (χ4n) is 4.03. The average Bonchev–Trinajstić information content (AvgIpc) is 3.28. The molecule has 0 unspecified atom stereocenters. The molecule has 3 aromatic rings. The van der Waals surface area contributed by atoms with Crippen molar-refractivity contribution in [1.82, 2.24) is 10.5 Å². The van der Waals surface area contributed by atoms with Gasteiger partial charge in [-0.3, -0.25) is 9.59 Å². The summed E-state index contributed by atoms with van der Waals surface area (Å²) >= 11 is 0. The Morgan fingerprint density at radius 1 is 0.886 bits per heavy atom. The summed E-state index contributed by atoms with van der Waals surface area (Å²) in [6, 6.07) is 25.4. The molecule has 2 amide bonds. The number of nitrogens with one attached hydrogen (secondary N) is 1. The number of benzene rings is 3. The first kappa shape index (κ1) is 22.2. The molecule has 1 saturated heterocycles. The second-order valence-corrected chi connectivity index (χ2v) is 8.09. The number of hydrogen-bond acceptors (Lipinski definition) is 6. The number of amides is 2. The van der Waals surface area contributed by atoms with E-state index in [2.05, 4.69) is 10.6 Å². The molecule has 35 heavy (non-hydrogen) atoms. The minimum Gasteiger partial charge on any atom is -0.345 e. The van der Waals surface area contributed by atoms with Crippen molar-refractivity contribution < 1.29 is 19.2 Å². The van der Waals surface area contributed by atoms with E-state index >= 15 is 0 Å². The zero-order chi connectivity index (χ0) is 24.2. The maximum atomic E-state index is 13.6. The molecule has 2 aliphatic rings. The molecule has 0 saturated carbocycles. The summed E-state index contributed by atoms with van der Waals surface area (Å²) in [6.45, 7) is 0.866. The molecule has 3 aromatic carbocycles. The van der Waals surface area contributed by atoms with Gasteiger partial charge in [0.2, 0.25) is 0 Å². The first-order chi connectivity index (χ1) is 17.1. The third-order valence-electron chi connectivity index (χ3n) is 5.85. The van der Waals surface area contributed by atoms with E-state index in [1.165, 1.54) is 16.6 Å². The highest BCUT2D eigenvalue weighted by Crippen LogP contribution is 2.23. The molecular weight excluding hydrogens is 444 g/mol. The zero-order valence-electron chi connectivity index (χ0n) is 18.8. The van der Waals surface area contributed by atoms with Crippen molar-refractivity contribution in [3.05, 3.63) is 113 Å². The van der Waals surface area contributed by atoms with Crippen LogP contribution in [0.2, 0.25) is 0 Å². The van der Waals surface area contributed by atoms with E-state index < -0.39 is 17.8 Å². The summed E-state index contributed by atoms with van der Waals surface area (Å²) < 4.78 is 0. The zero-order valence-corrected chi connectivity index (χ0v) is 18.8. The van der Waals surface area contributed by atoms with Crippen LogP contribution in [-0.4, -0.2) is 34.9 Å². The topological polar surface area (TPSA) is 91.3 Å². The van der Waals surface area contributed by atoms with Crippen LogP contribution in [0.5, 0.6) is 0 Å². The van der Waals surface area contributed by atoms with Gasteiger partial charge in [-0.25, -0.2) is 14.8 Å². The van der Waals surface area contributed by atoms with E-state index in [-0.39, 0.29) is 11.4 Å². The van der Waals surface area contributed by atoms with Crippen LogP contribution in [0.3, 0.4) is 0 Å². The lowest BCUT2D eigenvalue weighted by atomic mass is 9.99. The van der Waals surface area contributed by atoms with Gasteiger partial charge in [-0.05, 0) is 41.8 Å². The summed E-state index contributed by atoms with van der Waals surface area (Å²) in [5, 5.41) is 1.41. The smallest absolute Gasteiger partial charge is 0.345 e. The number of carbonyl (C=O) groups is 3. The van der Waals surface area contributed by atoms with E-state index in [9.17, 15) is 14.4 Å². The van der Waals surface area contributed by atoms with E-state index in [0.29, 0.717) is 30.8 Å². The number of anilines is 1. The number of aliphatic imine (C=N–C) groups is 1. The van der Waals surface area contributed by atoms with Gasteiger partial charge < -0.3 is 9.74 Å². The Morgan fingerprint density at radius 3 is 2.29 bits per heavy atom. The predicted molar refractivity (Wildman–Crippen MR) is 130 cm³/mol. The van der Waals surface area contributed by atoms with Gasteiger partial charge >= 0.3 is 5.97 Å². The van der Waals surface area contributed by atoms with Crippen molar-refractivity contribution in [3.8, 4) is 0 Å². The van der Waals surface area contributed by atoms with Crippen molar-refractivity contribution in [2.24, 2.45) is 4.99 Å². The predicted octanol–water partition coefficient (Wildman–Crippen LogP) is 3.22. The summed E-state index contributed by atoms with van der Waals surface area (Å²) in [5.74, 6) is -1.71. The number of carbonyl (C=O) groups excluding carboxylic acids is 3. The minimum absolute atomic E-state index is 0.0431. The maximum absolute atomic E-state index is 13.6. The van der Waals surface area contributed by atoms with Gasteiger partial charge in [-0.1, -0.05) is 66.3 Å². The third kappa shape index (κ3) is 4.73. The second kappa shape index (κ2) is 9.74. The van der Waals surface area contributed by atoms with Crippen LogP contribution in [0.4, 0.5) is 5.69 Å². The van der Waals surface area contributed by atoms with Gasteiger partial charge in [0, 0.05) is 24.7 Å². The lowest BCUT2D eigenvalue weighted by Gasteiger charge is -2.29. The second-order valence-electron chi connectivity index (χ2n) is 8.09. The van der Waals surface area contributed by atoms with Gasteiger partial charge in [0.15, 0.2) is 5.70 Å². The Kier molecular flexibility index (Phi) is 6.19. The Labute approximate surface area is 202 Å². The lowest BCUT2D eigenvalue weighted by molar-refractivity contribution is -0.140. The Morgan fingerprint density at radius 2 is 1.54 bits per heavy atom. The molecule has 2 heterocycles. The normalized spacial score (nSPS) is 16.7. The van der Waals surface area contributed by atoms with E-state index in [0.717, 1.165) is 5.56 Å². The first-order valence-corrected chi connectivity index (χ1v) is 11.2. The third-order valence-corrected chi connectivity index (χ3v) is 5.85. The monoisotopic (exact) mass is 466 g/mol. The Hall–Kier alpha value is -4.56. The summed E-state index contributed by atoms with van der Waals surface area (Å²) in [5.41, 5.74) is 5.64. The number of fused-ring (bicyclic) bond motifs is 1. The van der Waals surface area contributed by atoms with Crippen LogP contribution in [0.1, 0.15) is 21.5 Å². The van der Waals surface area contributed by atoms with Crippen LogP contribution in [-0.2, 0) is 27.4 Å². The quantitative estimate of drug-likeness (QED) is 0.469. The van der Waals surface area contributed by atoms with Crippen molar-refractivity contribution >= 4 is 29.2 Å². The summed E-state index contributed by atoms with van der Waals surface area (Å²) in [7, 11) is 0. The molecule has 5 rings (SSSR count). The van der Waals surface area contributed by atoms with Crippen LogP contribution < -0.4 is 10.6 Å². The van der Waals surface area contributed by atoms with E-state index in [1.807, 2.05) is 42.5 Å². The number of hydrogen-bond donors (Lipinski definition) is 1. The highest BCUT2D eigenvalue weighted by Gasteiger charge is 2.32. The molecule has 0 aromatic heterocycles. The van der Waals surface area contributed by atoms with E-state index in [1.54, 1.807) is 47.4 Å². The molecule has 0 spiro atoms. The SMILES string of the molecule is O=C1ONN(c2ccccc2)/C1=C/C(=NC(=O)c1ccccc1)C(=O)N1CCc2ccccc2C1. The van der Waals surface area contributed by atoms with Gasteiger partial charge in [0.25, 0.3) is 11.8 Å².